The first-order valence-electron chi connectivity index (χ1n) is 3.87. The van der Waals surface area contributed by atoms with Crippen molar-refractivity contribution >= 4 is 5.69 Å². The minimum absolute atomic E-state index is 0.571. The molecule has 2 N–H and O–H groups in total. The van der Waals surface area contributed by atoms with Crippen molar-refractivity contribution in [2.45, 2.75) is 6.92 Å². The summed E-state index contributed by atoms with van der Waals surface area (Å²) in [7, 11) is 0. The largest absolute Gasteiger partial charge is 0.396 e. The van der Waals surface area contributed by atoms with Crippen molar-refractivity contribution in [3.05, 3.63) is 30.2 Å². The Kier molecular flexibility index (Phi) is 1.70. The van der Waals surface area contributed by atoms with Crippen LogP contribution >= 0.6 is 0 Å². The number of nitrogens with two attached hydrogens (primary N) is 1. The van der Waals surface area contributed by atoms with E-state index in [0.29, 0.717) is 11.5 Å². The van der Waals surface area contributed by atoms with Gasteiger partial charge in [-0.25, -0.2) is 4.98 Å². The van der Waals surface area contributed by atoms with Crippen molar-refractivity contribution in [2.75, 3.05) is 5.73 Å². The summed E-state index contributed by atoms with van der Waals surface area (Å²) in [4.78, 5) is 5.63. The second-order valence-electron chi connectivity index (χ2n) is 2.68. The van der Waals surface area contributed by atoms with Gasteiger partial charge in [-0.3, -0.25) is 0 Å². The molecule has 66 valence electrons. The number of anilines is 1. The van der Waals surface area contributed by atoms with Gasteiger partial charge in [-0.1, -0.05) is 0 Å². The van der Waals surface area contributed by atoms with Gasteiger partial charge in [0, 0.05) is 5.69 Å². The van der Waals surface area contributed by atoms with E-state index in [1.54, 1.807) is 18.5 Å². The zero-order valence-electron chi connectivity index (χ0n) is 7.18. The van der Waals surface area contributed by atoms with Gasteiger partial charge in [0.1, 0.15) is 0 Å². The number of hydrogen-bond donors (Lipinski definition) is 1. The lowest BCUT2D eigenvalue weighted by Crippen LogP contribution is -2.06. The SMILES string of the molecule is Cc1ccc(N)c(-n2nccn2)n1. The lowest BCUT2D eigenvalue weighted by atomic mass is 10.3. The molecule has 2 heterocycles. The second-order valence-corrected chi connectivity index (χ2v) is 2.68. The molecule has 0 spiro atoms. The Bertz CT molecular complexity index is 406. The maximum absolute atomic E-state index is 5.72. The molecule has 0 aliphatic heterocycles. The third kappa shape index (κ3) is 1.35. The molecule has 5 heteroatoms. The molecular weight excluding hydrogens is 166 g/mol. The summed E-state index contributed by atoms with van der Waals surface area (Å²) < 4.78 is 0. The molecule has 13 heavy (non-hydrogen) atoms. The molecule has 0 aliphatic rings. The second kappa shape index (κ2) is 2.85. The van der Waals surface area contributed by atoms with Crippen LogP contribution in [0.25, 0.3) is 5.82 Å². The van der Waals surface area contributed by atoms with Crippen molar-refractivity contribution in [1.29, 1.82) is 0 Å². The normalized spacial score (nSPS) is 10.2. The van der Waals surface area contributed by atoms with E-state index in [-0.39, 0.29) is 0 Å². The van der Waals surface area contributed by atoms with Crippen molar-refractivity contribution in [3.8, 4) is 5.82 Å². The molecule has 0 atom stereocenters. The maximum Gasteiger partial charge on any atom is 0.197 e. The summed E-state index contributed by atoms with van der Waals surface area (Å²) in [6.45, 7) is 1.90. The number of nitrogens with zero attached hydrogens (tertiary/aromatic N) is 4. The van der Waals surface area contributed by atoms with Crippen LogP contribution in [0.2, 0.25) is 0 Å². The van der Waals surface area contributed by atoms with Crippen LogP contribution in [0.4, 0.5) is 5.69 Å². The van der Waals surface area contributed by atoms with Crippen molar-refractivity contribution in [3.63, 3.8) is 0 Å². The molecule has 0 unspecified atom stereocenters. The average molecular weight is 175 g/mol. The molecule has 0 aromatic carbocycles. The molecule has 2 aromatic rings. The summed E-state index contributed by atoms with van der Waals surface area (Å²) in [6.07, 6.45) is 3.17. The number of pyridine rings is 1. The van der Waals surface area contributed by atoms with Gasteiger partial charge in [0.25, 0.3) is 0 Å². The zero-order valence-corrected chi connectivity index (χ0v) is 7.18. The number of aromatic nitrogens is 4. The van der Waals surface area contributed by atoms with Crippen LogP contribution in [0, 0.1) is 6.92 Å². The Hall–Kier alpha value is -1.91. The van der Waals surface area contributed by atoms with E-state index in [1.807, 2.05) is 13.0 Å². The van der Waals surface area contributed by atoms with Crippen molar-refractivity contribution in [1.82, 2.24) is 20.0 Å². The van der Waals surface area contributed by atoms with E-state index >= 15 is 0 Å². The monoisotopic (exact) mass is 175 g/mol. The van der Waals surface area contributed by atoms with Crippen LogP contribution in [0.15, 0.2) is 24.5 Å². The maximum atomic E-state index is 5.72. The Morgan fingerprint density at radius 3 is 2.62 bits per heavy atom. The fourth-order valence-electron chi connectivity index (χ4n) is 1.04. The van der Waals surface area contributed by atoms with Gasteiger partial charge in [-0.2, -0.15) is 10.2 Å². The Balaban J connectivity index is 2.57. The molecular formula is C8H9N5. The molecule has 0 aliphatic carbocycles. The third-order valence-corrected chi connectivity index (χ3v) is 1.65. The smallest absolute Gasteiger partial charge is 0.197 e. The predicted octanol–water partition coefficient (Wildman–Crippen LogP) is 0.553. The average Bonchev–Trinajstić information content (AvgIpc) is 2.61. The van der Waals surface area contributed by atoms with E-state index in [9.17, 15) is 0 Å². The molecule has 2 rings (SSSR count). The van der Waals surface area contributed by atoms with Crippen LogP contribution in [-0.2, 0) is 0 Å². The van der Waals surface area contributed by atoms with E-state index in [0.717, 1.165) is 5.69 Å². The van der Waals surface area contributed by atoms with Crippen LogP contribution < -0.4 is 5.73 Å². The summed E-state index contributed by atoms with van der Waals surface area (Å²) in [6, 6.07) is 3.64. The number of nitrogen functional groups attached to an aromatic ring is 1. The van der Waals surface area contributed by atoms with Gasteiger partial charge in [-0.05, 0) is 19.1 Å². The lowest BCUT2D eigenvalue weighted by molar-refractivity contribution is 0.729. The number of aryl methyl sites for hydroxylation is 1. The fraction of sp³-hybridized carbons (Fsp3) is 0.125. The molecule has 0 fully saturated rings. The first-order valence-corrected chi connectivity index (χ1v) is 3.87. The minimum atomic E-state index is 0.571. The van der Waals surface area contributed by atoms with Crippen LogP contribution in [0.5, 0.6) is 0 Å². The van der Waals surface area contributed by atoms with E-state index in [4.69, 9.17) is 5.73 Å². The Morgan fingerprint density at radius 1 is 1.23 bits per heavy atom. The summed E-state index contributed by atoms with van der Waals surface area (Å²) in [5.41, 5.74) is 7.18. The van der Waals surface area contributed by atoms with Gasteiger partial charge in [0.05, 0.1) is 18.1 Å². The number of rotatable bonds is 1. The molecule has 0 saturated carbocycles. The van der Waals surface area contributed by atoms with Gasteiger partial charge >= 0.3 is 0 Å². The number of hydrogen-bond acceptors (Lipinski definition) is 4. The van der Waals surface area contributed by atoms with Crippen molar-refractivity contribution < 1.29 is 0 Å². The molecule has 2 aromatic heterocycles. The van der Waals surface area contributed by atoms with E-state index in [2.05, 4.69) is 15.2 Å². The summed E-state index contributed by atoms with van der Waals surface area (Å²) >= 11 is 0. The van der Waals surface area contributed by atoms with Crippen LogP contribution in [0.1, 0.15) is 5.69 Å². The van der Waals surface area contributed by atoms with Crippen LogP contribution in [-0.4, -0.2) is 20.0 Å². The highest BCUT2D eigenvalue weighted by atomic mass is 15.5. The summed E-state index contributed by atoms with van der Waals surface area (Å²) in [5.74, 6) is 0.574. The van der Waals surface area contributed by atoms with Gasteiger partial charge in [0.2, 0.25) is 0 Å². The Labute approximate surface area is 75.2 Å². The molecule has 0 saturated heterocycles. The standard InChI is InChI=1S/C8H9N5/c1-6-2-3-7(9)8(12-6)13-10-4-5-11-13/h2-5H,9H2,1H3. The topological polar surface area (TPSA) is 69.6 Å². The highest BCUT2D eigenvalue weighted by molar-refractivity contribution is 5.52. The van der Waals surface area contributed by atoms with Crippen molar-refractivity contribution in [2.24, 2.45) is 0 Å². The Morgan fingerprint density at radius 2 is 1.92 bits per heavy atom. The third-order valence-electron chi connectivity index (χ3n) is 1.65. The first kappa shape index (κ1) is 7.72. The highest BCUT2D eigenvalue weighted by Crippen LogP contribution is 2.11. The minimum Gasteiger partial charge on any atom is -0.396 e. The first-order chi connectivity index (χ1) is 6.27. The highest BCUT2D eigenvalue weighted by Gasteiger charge is 2.04. The predicted molar refractivity (Wildman–Crippen MR) is 48.3 cm³/mol. The molecule has 5 nitrogen and oxygen atoms in total. The van der Waals surface area contributed by atoms with Crippen LogP contribution in [0.3, 0.4) is 0 Å². The van der Waals surface area contributed by atoms with Gasteiger partial charge in [-0.15, -0.1) is 4.80 Å². The van der Waals surface area contributed by atoms with E-state index in [1.165, 1.54) is 4.80 Å². The zero-order chi connectivity index (χ0) is 9.26. The van der Waals surface area contributed by atoms with Gasteiger partial charge < -0.3 is 5.73 Å². The fourth-order valence-corrected chi connectivity index (χ4v) is 1.04. The molecule has 0 amide bonds. The molecule has 0 bridgehead atoms. The lowest BCUT2D eigenvalue weighted by Gasteiger charge is -2.03. The van der Waals surface area contributed by atoms with E-state index < -0.39 is 0 Å². The quantitative estimate of drug-likeness (QED) is 0.687. The molecule has 0 radical (unpaired) electrons. The summed E-state index contributed by atoms with van der Waals surface area (Å²) in [5, 5.41) is 7.90. The van der Waals surface area contributed by atoms with Gasteiger partial charge in [0.15, 0.2) is 5.82 Å².